The third-order valence-electron chi connectivity index (χ3n) is 4.44. The minimum atomic E-state index is -0.624. The predicted octanol–water partition coefficient (Wildman–Crippen LogP) is 1.44. The minimum Gasteiger partial charge on any atom is -0.504 e. The number of nitrogens with one attached hydrogen (secondary N) is 4. The maximum Gasteiger partial charge on any atom is 0.327 e. The largest absolute Gasteiger partial charge is 0.504 e. The van der Waals surface area contributed by atoms with Gasteiger partial charge in [-0.3, -0.25) is 19.9 Å². The third kappa shape index (κ3) is 2.28. The summed E-state index contributed by atoms with van der Waals surface area (Å²) in [6.07, 6.45) is 0. The van der Waals surface area contributed by atoms with Gasteiger partial charge < -0.3 is 15.2 Å². The van der Waals surface area contributed by atoms with Crippen LogP contribution in [0.15, 0.2) is 27.8 Å². The van der Waals surface area contributed by atoms with Gasteiger partial charge in [-0.1, -0.05) is 12.1 Å². The molecule has 1 aliphatic rings. The van der Waals surface area contributed by atoms with Gasteiger partial charge in [0.05, 0.1) is 18.1 Å². The zero-order chi connectivity index (χ0) is 18.4. The Kier molecular flexibility index (Phi) is 3.57. The van der Waals surface area contributed by atoms with E-state index in [1.807, 2.05) is 13.8 Å². The summed E-state index contributed by atoms with van der Waals surface area (Å²) in [4.78, 5) is 29.1. The second-order valence-electron chi connectivity index (χ2n) is 5.99. The quantitative estimate of drug-likeness (QED) is 0.377. The van der Waals surface area contributed by atoms with E-state index < -0.39 is 17.2 Å². The summed E-state index contributed by atoms with van der Waals surface area (Å²) in [6, 6.07) is 5.12. The normalized spacial score (nSPS) is 15.1. The van der Waals surface area contributed by atoms with E-state index in [2.05, 4.69) is 25.5 Å². The summed E-state index contributed by atoms with van der Waals surface area (Å²) < 4.78 is 5.47. The molecule has 9 heteroatoms. The number of hydrogen-bond donors (Lipinski definition) is 5. The summed E-state index contributed by atoms with van der Waals surface area (Å²) in [7, 11) is 0. The average molecular weight is 355 g/mol. The molecule has 5 N–H and O–H groups in total. The lowest BCUT2D eigenvalue weighted by atomic mass is 9.83. The summed E-state index contributed by atoms with van der Waals surface area (Å²) in [6.45, 7) is 4.04. The van der Waals surface area contributed by atoms with Gasteiger partial charge in [-0.05, 0) is 19.9 Å². The van der Waals surface area contributed by atoms with E-state index >= 15 is 0 Å². The number of aromatic nitrogens is 4. The van der Waals surface area contributed by atoms with Crippen molar-refractivity contribution in [2.75, 3.05) is 11.9 Å². The molecule has 0 spiro atoms. The molecule has 0 amide bonds. The first-order chi connectivity index (χ1) is 12.5. The monoisotopic (exact) mass is 355 g/mol. The van der Waals surface area contributed by atoms with Gasteiger partial charge in [-0.25, -0.2) is 4.79 Å². The molecule has 0 fully saturated rings. The first-order valence-corrected chi connectivity index (χ1v) is 8.14. The van der Waals surface area contributed by atoms with Gasteiger partial charge in [-0.15, -0.1) is 0 Å². The molecular formula is C17H17N5O4. The number of ether oxygens (including phenoxy) is 1. The van der Waals surface area contributed by atoms with E-state index in [1.54, 1.807) is 18.2 Å². The molecule has 0 radical (unpaired) electrons. The number of aromatic hydroxyl groups is 1. The molecule has 26 heavy (non-hydrogen) atoms. The highest BCUT2D eigenvalue weighted by Crippen LogP contribution is 2.47. The minimum absolute atomic E-state index is 0.0515. The Bertz CT molecular complexity index is 1110. The van der Waals surface area contributed by atoms with Crippen LogP contribution < -0.4 is 21.3 Å². The first kappa shape index (κ1) is 16.0. The van der Waals surface area contributed by atoms with Gasteiger partial charge in [0.1, 0.15) is 5.82 Å². The Balaban J connectivity index is 2.03. The number of phenols is 1. The second kappa shape index (κ2) is 5.80. The van der Waals surface area contributed by atoms with Crippen LogP contribution in [0.3, 0.4) is 0 Å². The third-order valence-corrected chi connectivity index (χ3v) is 4.44. The molecule has 0 saturated heterocycles. The van der Waals surface area contributed by atoms with E-state index in [9.17, 15) is 14.7 Å². The summed E-state index contributed by atoms with van der Waals surface area (Å²) in [5, 5.41) is 20.8. The van der Waals surface area contributed by atoms with Crippen molar-refractivity contribution in [3.63, 3.8) is 0 Å². The van der Waals surface area contributed by atoms with Crippen molar-refractivity contribution < 1.29 is 9.84 Å². The van der Waals surface area contributed by atoms with Crippen LogP contribution in [-0.4, -0.2) is 31.9 Å². The van der Waals surface area contributed by atoms with E-state index in [0.717, 1.165) is 11.3 Å². The van der Waals surface area contributed by atoms with E-state index in [0.29, 0.717) is 29.3 Å². The number of nitrogens with zero attached hydrogens (tertiary/aromatic N) is 1. The highest BCUT2D eigenvalue weighted by Gasteiger charge is 2.35. The number of para-hydroxylation sites is 1. The highest BCUT2D eigenvalue weighted by molar-refractivity contribution is 5.72. The predicted molar refractivity (Wildman–Crippen MR) is 94.5 cm³/mol. The van der Waals surface area contributed by atoms with Crippen molar-refractivity contribution >= 4 is 11.6 Å². The summed E-state index contributed by atoms with van der Waals surface area (Å²) >= 11 is 0. The summed E-state index contributed by atoms with van der Waals surface area (Å²) in [5.41, 5.74) is 1.10. The maximum atomic E-state index is 12.6. The van der Waals surface area contributed by atoms with Crippen molar-refractivity contribution in [1.82, 2.24) is 20.2 Å². The van der Waals surface area contributed by atoms with Crippen molar-refractivity contribution in [2.24, 2.45) is 0 Å². The number of H-pyrrole nitrogens is 3. The Morgan fingerprint density at radius 2 is 2.04 bits per heavy atom. The van der Waals surface area contributed by atoms with Crippen LogP contribution in [0.1, 0.15) is 35.2 Å². The number of rotatable bonds is 3. The fourth-order valence-corrected chi connectivity index (χ4v) is 3.37. The molecule has 1 aromatic carbocycles. The molecular weight excluding hydrogens is 338 g/mol. The lowest BCUT2D eigenvalue weighted by Gasteiger charge is -2.26. The van der Waals surface area contributed by atoms with Gasteiger partial charge in [0.15, 0.2) is 17.3 Å². The van der Waals surface area contributed by atoms with Gasteiger partial charge in [0, 0.05) is 16.8 Å². The van der Waals surface area contributed by atoms with E-state index in [-0.39, 0.29) is 11.6 Å². The highest BCUT2D eigenvalue weighted by atomic mass is 16.5. The number of aryl methyl sites for hydroxylation is 1. The average Bonchev–Trinajstić information content (AvgIpc) is 2.96. The first-order valence-electron chi connectivity index (χ1n) is 8.14. The number of aromatic amines is 3. The maximum absolute atomic E-state index is 12.6. The van der Waals surface area contributed by atoms with Crippen LogP contribution in [0.4, 0.5) is 11.6 Å². The van der Waals surface area contributed by atoms with Gasteiger partial charge >= 0.3 is 5.69 Å². The number of anilines is 2. The molecule has 3 aromatic rings. The fourth-order valence-electron chi connectivity index (χ4n) is 3.37. The van der Waals surface area contributed by atoms with Crippen LogP contribution in [0, 0.1) is 6.92 Å². The SMILES string of the molecule is CCOc1cccc([C@@H]2c3c(n[nH]c3C)Nc3[nH]c(=O)[nH]c(=O)c32)c1O. The van der Waals surface area contributed by atoms with E-state index in [4.69, 9.17) is 4.74 Å². The van der Waals surface area contributed by atoms with Crippen LogP contribution in [0.25, 0.3) is 0 Å². The Morgan fingerprint density at radius 3 is 2.81 bits per heavy atom. The molecule has 2 aromatic heterocycles. The van der Waals surface area contributed by atoms with Gasteiger partial charge in [0.2, 0.25) is 0 Å². The van der Waals surface area contributed by atoms with Crippen LogP contribution in [0.2, 0.25) is 0 Å². The second-order valence-corrected chi connectivity index (χ2v) is 5.99. The van der Waals surface area contributed by atoms with Crippen LogP contribution in [-0.2, 0) is 0 Å². The van der Waals surface area contributed by atoms with E-state index in [1.165, 1.54) is 0 Å². The van der Waals surface area contributed by atoms with Gasteiger partial charge in [0.25, 0.3) is 5.56 Å². The molecule has 9 nitrogen and oxygen atoms in total. The van der Waals surface area contributed by atoms with Crippen molar-refractivity contribution in [2.45, 2.75) is 19.8 Å². The molecule has 0 saturated carbocycles. The smallest absolute Gasteiger partial charge is 0.327 e. The van der Waals surface area contributed by atoms with Crippen molar-refractivity contribution in [3.05, 3.63) is 61.4 Å². The zero-order valence-electron chi connectivity index (χ0n) is 14.1. The Hall–Kier alpha value is -3.49. The van der Waals surface area contributed by atoms with Gasteiger partial charge in [-0.2, -0.15) is 5.10 Å². The lowest BCUT2D eigenvalue weighted by Crippen LogP contribution is -2.31. The molecule has 3 heterocycles. The number of benzene rings is 1. The van der Waals surface area contributed by atoms with Crippen LogP contribution >= 0.6 is 0 Å². The zero-order valence-corrected chi connectivity index (χ0v) is 14.1. The molecule has 0 bridgehead atoms. The van der Waals surface area contributed by atoms with Crippen molar-refractivity contribution in [1.29, 1.82) is 0 Å². The molecule has 0 aliphatic carbocycles. The fraction of sp³-hybridized carbons (Fsp3) is 0.235. The number of phenolic OH excluding ortho intramolecular Hbond substituents is 1. The lowest BCUT2D eigenvalue weighted by molar-refractivity contribution is 0.316. The Labute approximate surface area is 147 Å². The topological polar surface area (TPSA) is 136 Å². The molecule has 134 valence electrons. The Morgan fingerprint density at radius 1 is 1.23 bits per heavy atom. The number of hydrogen-bond acceptors (Lipinski definition) is 6. The molecule has 1 aliphatic heterocycles. The molecule has 4 rings (SSSR count). The standard InChI is InChI=1S/C17H17N5O4/c1-3-26-9-6-4-5-8(13(9)23)11-10-7(2)21-22-15(10)18-14-12(11)16(24)20-17(25)19-14/h4-6,11,23H,3H2,1-2H3,(H4,18,19,20,21,22,24,25)/t11-/m1/s1. The van der Waals surface area contributed by atoms with Crippen LogP contribution in [0.5, 0.6) is 11.5 Å². The summed E-state index contributed by atoms with van der Waals surface area (Å²) in [5.74, 6) is 0.394. The van der Waals surface area contributed by atoms with Crippen molar-refractivity contribution in [3.8, 4) is 11.5 Å². The molecule has 1 atom stereocenters. The number of fused-ring (bicyclic) bond motifs is 2. The molecule has 0 unspecified atom stereocenters.